The molecule has 5 heteroatoms. The molecule has 0 fully saturated rings. The lowest BCUT2D eigenvalue weighted by Gasteiger charge is -2.00. The van der Waals surface area contributed by atoms with Crippen LogP contribution in [-0.2, 0) is 17.7 Å². The van der Waals surface area contributed by atoms with Gasteiger partial charge in [0, 0.05) is 6.54 Å². The number of benzene rings is 1. The van der Waals surface area contributed by atoms with Crippen molar-refractivity contribution in [2.45, 2.75) is 13.0 Å². The van der Waals surface area contributed by atoms with Gasteiger partial charge in [-0.05, 0) is 12.0 Å². The smallest absolute Gasteiger partial charge is 0.360 e. The Kier molecular flexibility index (Phi) is 3.49. The van der Waals surface area contributed by atoms with Crippen molar-refractivity contribution in [3.63, 3.8) is 0 Å². The molecule has 1 aromatic heterocycles. The van der Waals surface area contributed by atoms with Crippen molar-refractivity contribution in [2.75, 3.05) is 7.11 Å². The Bertz CT molecular complexity index is 493. The van der Waals surface area contributed by atoms with E-state index in [2.05, 4.69) is 27.2 Å². The molecule has 5 nitrogen and oxygen atoms in total. The first-order chi connectivity index (χ1) is 8.29. The van der Waals surface area contributed by atoms with Crippen LogP contribution in [0.3, 0.4) is 0 Å². The predicted molar refractivity (Wildman–Crippen MR) is 61.5 cm³/mol. The second kappa shape index (κ2) is 5.25. The third kappa shape index (κ3) is 2.90. The van der Waals surface area contributed by atoms with Crippen molar-refractivity contribution in [3.8, 4) is 0 Å². The van der Waals surface area contributed by atoms with Gasteiger partial charge in [0.2, 0.25) is 0 Å². The van der Waals surface area contributed by atoms with Gasteiger partial charge in [-0.1, -0.05) is 35.5 Å². The number of aryl methyl sites for hydroxylation is 2. The van der Waals surface area contributed by atoms with Crippen LogP contribution in [0.4, 0.5) is 0 Å². The summed E-state index contributed by atoms with van der Waals surface area (Å²) < 4.78 is 6.20. The Morgan fingerprint density at radius 1 is 1.35 bits per heavy atom. The molecule has 1 heterocycles. The van der Waals surface area contributed by atoms with Gasteiger partial charge < -0.3 is 4.74 Å². The number of rotatable bonds is 4. The predicted octanol–water partition coefficient (Wildman–Crippen LogP) is 1.31. The molecule has 0 amide bonds. The van der Waals surface area contributed by atoms with Crippen LogP contribution in [0.1, 0.15) is 16.1 Å². The van der Waals surface area contributed by atoms with Crippen LogP contribution >= 0.6 is 0 Å². The Labute approximate surface area is 99.0 Å². The minimum atomic E-state index is -0.462. The van der Waals surface area contributed by atoms with E-state index in [9.17, 15) is 4.79 Å². The molecule has 0 unspecified atom stereocenters. The number of nitrogens with zero attached hydrogens (tertiary/aromatic N) is 3. The molecule has 88 valence electrons. The van der Waals surface area contributed by atoms with Crippen molar-refractivity contribution in [1.82, 2.24) is 15.0 Å². The maximum absolute atomic E-state index is 11.2. The first-order valence-electron chi connectivity index (χ1n) is 5.32. The van der Waals surface area contributed by atoms with Crippen molar-refractivity contribution < 1.29 is 9.53 Å². The number of methoxy groups -OCH3 is 1. The third-order valence-corrected chi connectivity index (χ3v) is 2.41. The summed E-state index contributed by atoms with van der Waals surface area (Å²) in [4.78, 5) is 11.2. The lowest BCUT2D eigenvalue weighted by Crippen LogP contribution is -2.02. The number of esters is 1. The lowest BCUT2D eigenvalue weighted by atomic mass is 10.1. The third-order valence-electron chi connectivity index (χ3n) is 2.41. The van der Waals surface area contributed by atoms with Gasteiger partial charge in [-0.15, -0.1) is 5.10 Å². The molecule has 2 aromatic rings. The number of carbonyl (C=O) groups excluding carboxylic acids is 1. The molecule has 2 rings (SSSR count). The van der Waals surface area contributed by atoms with E-state index in [1.165, 1.54) is 12.7 Å². The van der Waals surface area contributed by atoms with Crippen LogP contribution in [0.5, 0.6) is 0 Å². The fourth-order valence-corrected chi connectivity index (χ4v) is 1.49. The van der Waals surface area contributed by atoms with E-state index in [1.54, 1.807) is 10.9 Å². The molecular formula is C12H13N3O2. The van der Waals surface area contributed by atoms with E-state index in [0.717, 1.165) is 6.42 Å². The van der Waals surface area contributed by atoms with E-state index in [0.29, 0.717) is 6.54 Å². The molecule has 17 heavy (non-hydrogen) atoms. The highest BCUT2D eigenvalue weighted by atomic mass is 16.5. The molecule has 0 aliphatic heterocycles. The second-order valence-corrected chi connectivity index (χ2v) is 3.59. The highest BCUT2D eigenvalue weighted by Crippen LogP contribution is 2.02. The fraction of sp³-hybridized carbons (Fsp3) is 0.250. The topological polar surface area (TPSA) is 57.0 Å². The summed E-state index contributed by atoms with van der Waals surface area (Å²) >= 11 is 0. The summed E-state index contributed by atoms with van der Waals surface area (Å²) in [5.74, 6) is -0.462. The summed E-state index contributed by atoms with van der Waals surface area (Å²) in [7, 11) is 1.32. The van der Waals surface area contributed by atoms with Crippen LogP contribution < -0.4 is 0 Å². The molecule has 0 radical (unpaired) electrons. The van der Waals surface area contributed by atoms with E-state index in [4.69, 9.17) is 0 Å². The van der Waals surface area contributed by atoms with E-state index in [1.807, 2.05) is 18.2 Å². The van der Waals surface area contributed by atoms with Crippen LogP contribution in [-0.4, -0.2) is 28.1 Å². The Morgan fingerprint density at radius 2 is 2.12 bits per heavy atom. The van der Waals surface area contributed by atoms with Crippen LogP contribution in [0.15, 0.2) is 36.5 Å². The monoisotopic (exact) mass is 231 g/mol. The zero-order valence-corrected chi connectivity index (χ0v) is 9.54. The molecule has 0 spiro atoms. The van der Waals surface area contributed by atoms with Crippen LogP contribution in [0, 0.1) is 0 Å². The molecule has 0 bridgehead atoms. The second-order valence-electron chi connectivity index (χ2n) is 3.59. The average Bonchev–Trinajstić information content (AvgIpc) is 2.85. The zero-order valence-electron chi connectivity index (χ0n) is 9.54. The van der Waals surface area contributed by atoms with Crippen molar-refractivity contribution >= 4 is 5.97 Å². The number of aromatic nitrogens is 3. The minimum absolute atomic E-state index is 0.237. The average molecular weight is 231 g/mol. The largest absolute Gasteiger partial charge is 0.464 e. The molecule has 0 aliphatic rings. The Morgan fingerprint density at radius 3 is 2.82 bits per heavy atom. The number of ether oxygens (including phenoxy) is 1. The zero-order chi connectivity index (χ0) is 12.1. The Balaban J connectivity index is 1.96. The van der Waals surface area contributed by atoms with Gasteiger partial charge in [-0.3, -0.25) is 4.68 Å². The maximum atomic E-state index is 11.2. The maximum Gasteiger partial charge on any atom is 0.360 e. The first kappa shape index (κ1) is 11.3. The van der Waals surface area contributed by atoms with Crippen LogP contribution in [0.2, 0.25) is 0 Å². The minimum Gasteiger partial charge on any atom is -0.464 e. The van der Waals surface area contributed by atoms with Gasteiger partial charge in [-0.25, -0.2) is 4.79 Å². The SMILES string of the molecule is COC(=O)c1cn(CCc2ccccc2)nn1. The number of carbonyl (C=O) groups is 1. The lowest BCUT2D eigenvalue weighted by molar-refractivity contribution is 0.0594. The van der Waals surface area contributed by atoms with E-state index >= 15 is 0 Å². The summed E-state index contributed by atoms with van der Waals surface area (Å²) in [5, 5.41) is 7.60. The normalized spacial score (nSPS) is 10.2. The molecule has 0 atom stereocenters. The summed E-state index contributed by atoms with van der Waals surface area (Å²) in [6.07, 6.45) is 2.44. The van der Waals surface area contributed by atoms with E-state index in [-0.39, 0.29) is 5.69 Å². The standard InChI is InChI=1S/C12H13N3O2/c1-17-12(16)11-9-15(14-13-11)8-7-10-5-3-2-4-6-10/h2-6,9H,7-8H2,1H3. The van der Waals surface area contributed by atoms with Gasteiger partial charge in [-0.2, -0.15) is 0 Å². The van der Waals surface area contributed by atoms with Gasteiger partial charge >= 0.3 is 5.97 Å². The molecule has 0 saturated carbocycles. The van der Waals surface area contributed by atoms with Crippen molar-refractivity contribution in [3.05, 3.63) is 47.8 Å². The molecule has 0 aliphatic carbocycles. The van der Waals surface area contributed by atoms with Gasteiger partial charge in [0.05, 0.1) is 13.3 Å². The number of hydrogen-bond acceptors (Lipinski definition) is 4. The van der Waals surface area contributed by atoms with Gasteiger partial charge in [0.25, 0.3) is 0 Å². The summed E-state index contributed by atoms with van der Waals surface area (Å²) in [6, 6.07) is 10.1. The highest BCUT2D eigenvalue weighted by Gasteiger charge is 2.09. The van der Waals surface area contributed by atoms with Crippen molar-refractivity contribution in [1.29, 1.82) is 0 Å². The van der Waals surface area contributed by atoms with Crippen LogP contribution in [0.25, 0.3) is 0 Å². The molecular weight excluding hydrogens is 218 g/mol. The number of hydrogen-bond donors (Lipinski definition) is 0. The quantitative estimate of drug-likeness (QED) is 0.744. The fourth-order valence-electron chi connectivity index (χ4n) is 1.49. The summed E-state index contributed by atoms with van der Waals surface area (Å²) in [6.45, 7) is 0.688. The summed E-state index contributed by atoms with van der Waals surface area (Å²) in [5.41, 5.74) is 1.46. The first-order valence-corrected chi connectivity index (χ1v) is 5.32. The van der Waals surface area contributed by atoms with Gasteiger partial charge in [0.15, 0.2) is 5.69 Å². The highest BCUT2D eigenvalue weighted by molar-refractivity contribution is 5.86. The van der Waals surface area contributed by atoms with Gasteiger partial charge in [0.1, 0.15) is 0 Å². The Hall–Kier alpha value is -2.17. The molecule has 1 aromatic carbocycles. The van der Waals surface area contributed by atoms with Crippen molar-refractivity contribution in [2.24, 2.45) is 0 Å². The molecule has 0 N–H and O–H groups in total. The molecule has 0 saturated heterocycles. The van der Waals surface area contributed by atoms with E-state index < -0.39 is 5.97 Å².